The van der Waals surface area contributed by atoms with Gasteiger partial charge in [0, 0.05) is 4.83 Å². The molecule has 0 unspecified atom stereocenters. The maximum atomic E-state index is 10.8. The average molecular weight is 258 g/mol. The maximum Gasteiger partial charge on any atom is 0.147 e. The molecule has 0 saturated carbocycles. The molecule has 54 valence electrons. The van der Waals surface area contributed by atoms with Crippen LogP contribution < -0.4 is 0 Å². The zero-order valence-corrected chi connectivity index (χ0v) is 8.91. The number of halogens is 2. The summed E-state index contributed by atoms with van der Waals surface area (Å²) in [5.74, 6) is 0.145. The van der Waals surface area contributed by atoms with E-state index >= 15 is 0 Å². The summed E-state index contributed by atoms with van der Waals surface area (Å²) >= 11 is 6.64. The van der Waals surface area contributed by atoms with Crippen LogP contribution in [-0.2, 0) is 4.79 Å². The molecule has 3 heteroatoms. The molecular formula is C6H10Br2O. The van der Waals surface area contributed by atoms with E-state index in [0.717, 1.165) is 0 Å². The first-order chi connectivity index (χ1) is 3.89. The minimum Gasteiger partial charge on any atom is -0.298 e. The van der Waals surface area contributed by atoms with E-state index in [4.69, 9.17) is 0 Å². The molecule has 0 amide bonds. The Morgan fingerprint density at radius 1 is 1.67 bits per heavy atom. The molecule has 0 aromatic rings. The first kappa shape index (κ1) is 9.63. The van der Waals surface area contributed by atoms with Crippen LogP contribution in [0.4, 0.5) is 0 Å². The molecule has 0 aliphatic carbocycles. The fourth-order valence-corrected chi connectivity index (χ4v) is 0.602. The molecule has 0 rings (SSSR count). The number of rotatable bonds is 2. The molecule has 2 atom stereocenters. The molecule has 1 nitrogen and oxygen atoms in total. The van der Waals surface area contributed by atoms with E-state index in [-0.39, 0.29) is 10.6 Å². The Bertz CT molecular complexity index is 118. The summed E-state index contributed by atoms with van der Waals surface area (Å²) in [5, 5.41) is 0. The van der Waals surface area contributed by atoms with Crippen molar-refractivity contribution >= 4 is 37.6 Å². The van der Waals surface area contributed by atoms with Crippen molar-refractivity contribution in [3.63, 3.8) is 0 Å². The number of carbonyl (C=O) groups is 1. The Morgan fingerprint density at radius 2 is 2.00 bits per heavy atom. The lowest BCUT2D eigenvalue weighted by Gasteiger charge is -2.21. The van der Waals surface area contributed by atoms with Crippen LogP contribution in [0.3, 0.4) is 0 Å². The molecule has 0 aliphatic rings. The number of ketones is 1. The Hall–Kier alpha value is 0.630. The molecule has 0 fully saturated rings. The van der Waals surface area contributed by atoms with Crippen molar-refractivity contribution in [2.75, 3.05) is 0 Å². The fraction of sp³-hybridized carbons (Fsp3) is 0.833. The second-order valence-electron chi connectivity index (χ2n) is 2.25. The van der Waals surface area contributed by atoms with Gasteiger partial charge in [0.1, 0.15) is 5.78 Å². The van der Waals surface area contributed by atoms with E-state index in [1.165, 1.54) is 0 Å². The lowest BCUT2D eigenvalue weighted by molar-refractivity contribution is -0.118. The van der Waals surface area contributed by atoms with Crippen LogP contribution in [-0.4, -0.2) is 14.9 Å². The van der Waals surface area contributed by atoms with Gasteiger partial charge in [-0.25, -0.2) is 0 Å². The molecule has 0 N–H and O–H groups in total. The van der Waals surface area contributed by atoms with Crippen LogP contribution in [0.1, 0.15) is 20.8 Å². The zero-order chi connectivity index (χ0) is 7.65. The fourth-order valence-electron chi connectivity index (χ4n) is 0.280. The van der Waals surface area contributed by atoms with E-state index in [0.29, 0.717) is 0 Å². The van der Waals surface area contributed by atoms with E-state index in [1.807, 2.05) is 13.8 Å². The summed E-state index contributed by atoms with van der Waals surface area (Å²) in [6.45, 7) is 5.37. The molecule has 0 aliphatic heterocycles. The highest BCUT2D eigenvalue weighted by molar-refractivity contribution is 9.12. The van der Waals surface area contributed by atoms with Gasteiger partial charge in [-0.1, -0.05) is 38.8 Å². The van der Waals surface area contributed by atoms with Crippen LogP contribution in [0.2, 0.25) is 0 Å². The van der Waals surface area contributed by atoms with E-state index < -0.39 is 4.32 Å². The summed E-state index contributed by atoms with van der Waals surface area (Å²) in [7, 11) is 0. The summed E-state index contributed by atoms with van der Waals surface area (Å²) < 4.78 is -0.410. The number of hydrogen-bond acceptors (Lipinski definition) is 1. The second kappa shape index (κ2) is 3.15. The number of hydrogen-bond donors (Lipinski definition) is 0. The van der Waals surface area contributed by atoms with Crippen LogP contribution in [0.25, 0.3) is 0 Å². The van der Waals surface area contributed by atoms with Gasteiger partial charge in [0.25, 0.3) is 0 Å². The third kappa shape index (κ3) is 2.38. The first-order valence-corrected chi connectivity index (χ1v) is 4.44. The van der Waals surface area contributed by atoms with E-state index in [1.54, 1.807) is 6.92 Å². The molecule has 0 spiro atoms. The Morgan fingerprint density at radius 3 is 2.00 bits per heavy atom. The molecular weight excluding hydrogens is 248 g/mol. The lowest BCUT2D eigenvalue weighted by atomic mass is 10.1. The summed E-state index contributed by atoms with van der Waals surface area (Å²) in [6.07, 6.45) is 0. The van der Waals surface area contributed by atoms with Gasteiger partial charge in [0.2, 0.25) is 0 Å². The number of Topliss-reactive ketones (excluding diaryl/α,β-unsaturated/α-hetero) is 1. The molecule has 0 aromatic carbocycles. The highest BCUT2D eigenvalue weighted by atomic mass is 79.9. The minimum atomic E-state index is -0.410. The monoisotopic (exact) mass is 256 g/mol. The van der Waals surface area contributed by atoms with Gasteiger partial charge in [-0.2, -0.15) is 0 Å². The minimum absolute atomic E-state index is 0.145. The van der Waals surface area contributed by atoms with E-state index in [2.05, 4.69) is 31.9 Å². The van der Waals surface area contributed by atoms with Crippen molar-refractivity contribution in [2.45, 2.75) is 29.9 Å². The SMILES string of the molecule is CC(=O)[C@@](C)(Br)[C@H](C)Br. The van der Waals surface area contributed by atoms with Gasteiger partial charge in [-0.3, -0.25) is 4.79 Å². The predicted molar refractivity (Wildman–Crippen MR) is 46.4 cm³/mol. The smallest absolute Gasteiger partial charge is 0.147 e. The largest absolute Gasteiger partial charge is 0.298 e. The van der Waals surface area contributed by atoms with Crippen molar-refractivity contribution in [3.8, 4) is 0 Å². The Labute approximate surface area is 72.5 Å². The van der Waals surface area contributed by atoms with Crippen molar-refractivity contribution in [1.29, 1.82) is 0 Å². The van der Waals surface area contributed by atoms with Crippen LogP contribution in [0.5, 0.6) is 0 Å². The first-order valence-electron chi connectivity index (χ1n) is 2.73. The maximum absolute atomic E-state index is 10.8. The van der Waals surface area contributed by atoms with Crippen molar-refractivity contribution in [3.05, 3.63) is 0 Å². The van der Waals surface area contributed by atoms with Gasteiger partial charge in [-0.15, -0.1) is 0 Å². The highest BCUT2D eigenvalue weighted by Crippen LogP contribution is 2.27. The molecule has 9 heavy (non-hydrogen) atoms. The lowest BCUT2D eigenvalue weighted by Crippen LogP contribution is -2.33. The average Bonchev–Trinajstić information content (AvgIpc) is 1.65. The predicted octanol–water partition coefficient (Wildman–Crippen LogP) is 2.51. The van der Waals surface area contributed by atoms with Crippen LogP contribution >= 0.6 is 31.9 Å². The van der Waals surface area contributed by atoms with Crippen molar-refractivity contribution in [2.24, 2.45) is 0 Å². The molecule has 0 radical (unpaired) electrons. The third-order valence-corrected chi connectivity index (χ3v) is 4.21. The molecule has 0 bridgehead atoms. The standard InChI is InChI=1S/C6H10Br2O/c1-4(7)6(3,8)5(2)9/h4H,1-3H3/t4-,6-/m0/s1. The highest BCUT2D eigenvalue weighted by Gasteiger charge is 2.30. The van der Waals surface area contributed by atoms with Gasteiger partial charge in [0.05, 0.1) is 4.32 Å². The van der Waals surface area contributed by atoms with Gasteiger partial charge in [0.15, 0.2) is 0 Å². The zero-order valence-electron chi connectivity index (χ0n) is 5.74. The summed E-state index contributed by atoms with van der Waals surface area (Å²) in [4.78, 5) is 11.0. The quantitative estimate of drug-likeness (QED) is 0.695. The topological polar surface area (TPSA) is 17.1 Å². The molecule has 0 heterocycles. The Kier molecular flexibility index (Phi) is 3.37. The van der Waals surface area contributed by atoms with E-state index in [9.17, 15) is 4.79 Å². The number of alkyl halides is 2. The summed E-state index contributed by atoms with van der Waals surface area (Å²) in [5.41, 5.74) is 0. The second-order valence-corrected chi connectivity index (χ2v) is 5.27. The third-order valence-electron chi connectivity index (χ3n) is 1.44. The summed E-state index contributed by atoms with van der Waals surface area (Å²) in [6, 6.07) is 0. The van der Waals surface area contributed by atoms with Crippen LogP contribution in [0, 0.1) is 0 Å². The number of carbonyl (C=O) groups excluding carboxylic acids is 1. The van der Waals surface area contributed by atoms with Gasteiger partial charge < -0.3 is 0 Å². The molecule has 0 aromatic heterocycles. The van der Waals surface area contributed by atoms with Crippen LogP contribution in [0.15, 0.2) is 0 Å². The molecule has 0 saturated heterocycles. The normalized spacial score (nSPS) is 20.6. The van der Waals surface area contributed by atoms with Crippen molar-refractivity contribution < 1.29 is 4.79 Å². The van der Waals surface area contributed by atoms with Gasteiger partial charge in [-0.05, 0) is 13.8 Å². The van der Waals surface area contributed by atoms with Crippen molar-refractivity contribution in [1.82, 2.24) is 0 Å². The Balaban J connectivity index is 4.19. The van der Waals surface area contributed by atoms with Gasteiger partial charge >= 0.3 is 0 Å².